The van der Waals surface area contributed by atoms with Crippen LogP contribution in [0.2, 0.25) is 5.02 Å². The molecule has 0 aliphatic heterocycles. The molecule has 3 rings (SSSR count). The van der Waals surface area contributed by atoms with Gasteiger partial charge in [0.25, 0.3) is 5.56 Å². The summed E-state index contributed by atoms with van der Waals surface area (Å²) in [7, 11) is 1.42. The fraction of sp³-hybridized carbons (Fsp3) is 0.111. The van der Waals surface area contributed by atoms with Gasteiger partial charge in [-0.2, -0.15) is 0 Å². The first kappa shape index (κ1) is 17.3. The lowest BCUT2D eigenvalue weighted by Crippen LogP contribution is -2.15. The number of aryl methyl sites for hydroxylation is 1. The molecule has 0 spiro atoms. The predicted molar refractivity (Wildman–Crippen MR) is 99.6 cm³/mol. The Hall–Kier alpha value is -2.50. The first-order valence-electron chi connectivity index (χ1n) is 7.33. The van der Waals surface area contributed by atoms with Gasteiger partial charge in [0.15, 0.2) is 11.5 Å². The van der Waals surface area contributed by atoms with E-state index in [0.717, 1.165) is 5.56 Å². The summed E-state index contributed by atoms with van der Waals surface area (Å²) in [6.07, 6.45) is 3.32. The van der Waals surface area contributed by atoms with E-state index in [4.69, 9.17) is 27.9 Å². The van der Waals surface area contributed by atoms with Gasteiger partial charge in [0, 0.05) is 12.3 Å². The topological polar surface area (TPSA) is 63.8 Å². The van der Waals surface area contributed by atoms with Gasteiger partial charge in [0.2, 0.25) is 0 Å². The average molecular weight is 377 g/mol. The second kappa shape index (κ2) is 6.78. The zero-order valence-electron chi connectivity index (χ0n) is 13.5. The Bertz CT molecular complexity index is 1060. The van der Waals surface area contributed by atoms with Crippen LogP contribution < -0.4 is 10.3 Å². The summed E-state index contributed by atoms with van der Waals surface area (Å²) in [5.41, 5.74) is 2.18. The van der Waals surface area contributed by atoms with Crippen molar-refractivity contribution in [2.24, 2.45) is 0 Å². The molecule has 0 saturated heterocycles. The van der Waals surface area contributed by atoms with Crippen LogP contribution in [0.25, 0.3) is 16.8 Å². The van der Waals surface area contributed by atoms with Crippen molar-refractivity contribution >= 4 is 40.0 Å². The van der Waals surface area contributed by atoms with E-state index in [1.165, 1.54) is 17.6 Å². The van der Waals surface area contributed by atoms with Crippen molar-refractivity contribution in [1.82, 2.24) is 9.38 Å². The maximum Gasteiger partial charge on any atom is 0.258 e. The van der Waals surface area contributed by atoms with Gasteiger partial charge in [-0.25, -0.2) is 4.98 Å². The number of fused-ring (bicyclic) bond motifs is 1. The third-order valence-corrected chi connectivity index (χ3v) is 4.21. The van der Waals surface area contributed by atoms with Crippen LogP contribution >= 0.6 is 23.2 Å². The molecule has 3 aromatic rings. The van der Waals surface area contributed by atoms with Gasteiger partial charge in [-0.1, -0.05) is 29.3 Å². The molecule has 0 saturated carbocycles. The van der Waals surface area contributed by atoms with E-state index in [0.29, 0.717) is 16.9 Å². The van der Waals surface area contributed by atoms with Crippen molar-refractivity contribution in [3.63, 3.8) is 0 Å². The molecular weight excluding hydrogens is 363 g/mol. The second-order valence-corrected chi connectivity index (χ2v) is 6.27. The second-order valence-electron chi connectivity index (χ2n) is 5.46. The van der Waals surface area contributed by atoms with Crippen LogP contribution in [0.15, 0.2) is 41.3 Å². The number of hydrogen-bond acceptors (Lipinski definition) is 4. The number of phenolic OH excluding ortho intramolecular Hbond substituents is 1. The van der Waals surface area contributed by atoms with Crippen molar-refractivity contribution in [3.8, 4) is 11.5 Å². The Labute approximate surface area is 153 Å². The molecule has 0 amide bonds. The van der Waals surface area contributed by atoms with Crippen molar-refractivity contribution < 1.29 is 9.84 Å². The van der Waals surface area contributed by atoms with Gasteiger partial charge < -0.3 is 9.84 Å². The number of pyridine rings is 1. The van der Waals surface area contributed by atoms with E-state index in [1.54, 1.807) is 30.5 Å². The number of methoxy groups -OCH3 is 1. The van der Waals surface area contributed by atoms with Gasteiger partial charge >= 0.3 is 0 Å². The molecule has 1 N–H and O–H groups in total. The van der Waals surface area contributed by atoms with Crippen molar-refractivity contribution in [3.05, 3.63) is 68.7 Å². The van der Waals surface area contributed by atoms with Crippen molar-refractivity contribution in [1.29, 1.82) is 0 Å². The molecule has 128 valence electrons. The van der Waals surface area contributed by atoms with E-state index in [9.17, 15) is 9.90 Å². The SMILES string of the molecule is COc1cc(/C=C(\Cl)c2cc(=O)n3cc(C)ccc3n2)cc(Cl)c1O. The number of aromatic nitrogens is 2. The lowest BCUT2D eigenvalue weighted by atomic mass is 10.1. The minimum atomic E-state index is -0.225. The Balaban J connectivity index is 2.09. The molecule has 1 aromatic carbocycles. The number of halogens is 2. The van der Waals surface area contributed by atoms with Gasteiger partial charge in [-0.3, -0.25) is 9.20 Å². The molecule has 7 heteroatoms. The summed E-state index contributed by atoms with van der Waals surface area (Å²) in [6, 6.07) is 8.11. The first-order chi connectivity index (χ1) is 11.9. The number of hydrogen-bond donors (Lipinski definition) is 1. The number of rotatable bonds is 3. The fourth-order valence-electron chi connectivity index (χ4n) is 2.38. The first-order valence-corrected chi connectivity index (χ1v) is 8.09. The minimum absolute atomic E-state index is 0.136. The van der Waals surface area contributed by atoms with Crippen LogP contribution in [0.3, 0.4) is 0 Å². The largest absolute Gasteiger partial charge is 0.503 e. The summed E-state index contributed by atoms with van der Waals surface area (Å²) in [5, 5.41) is 10.2. The number of ether oxygens (including phenoxy) is 1. The van der Waals surface area contributed by atoms with Crippen molar-refractivity contribution in [2.75, 3.05) is 7.11 Å². The van der Waals surface area contributed by atoms with Crippen LogP contribution in [0.4, 0.5) is 0 Å². The van der Waals surface area contributed by atoms with Gasteiger partial charge in [0.05, 0.1) is 22.9 Å². The fourth-order valence-corrected chi connectivity index (χ4v) is 2.83. The molecule has 25 heavy (non-hydrogen) atoms. The molecule has 2 aromatic heterocycles. The average Bonchev–Trinajstić information content (AvgIpc) is 2.58. The standard InChI is InChI=1S/C18H14Cl2N2O3/c1-10-3-4-16-21-14(8-17(23)22(16)9-10)12(19)5-11-6-13(20)18(24)15(7-11)25-2/h3-9,24H,1-2H3/b12-5-. The highest BCUT2D eigenvalue weighted by molar-refractivity contribution is 6.51. The van der Waals surface area contributed by atoms with E-state index >= 15 is 0 Å². The number of nitrogens with zero attached hydrogens (tertiary/aromatic N) is 2. The third kappa shape index (κ3) is 3.48. The summed E-state index contributed by atoms with van der Waals surface area (Å²) in [6.45, 7) is 1.90. The molecule has 0 radical (unpaired) electrons. The highest BCUT2D eigenvalue weighted by Crippen LogP contribution is 2.36. The zero-order valence-corrected chi connectivity index (χ0v) is 15.0. The zero-order chi connectivity index (χ0) is 18.1. The number of benzene rings is 1. The summed E-state index contributed by atoms with van der Waals surface area (Å²) < 4.78 is 6.53. The maximum absolute atomic E-state index is 12.3. The summed E-state index contributed by atoms with van der Waals surface area (Å²) >= 11 is 12.3. The normalized spacial score (nSPS) is 11.8. The van der Waals surface area contributed by atoms with E-state index in [-0.39, 0.29) is 27.1 Å². The maximum atomic E-state index is 12.3. The lowest BCUT2D eigenvalue weighted by Gasteiger charge is -2.07. The molecule has 0 aliphatic rings. The van der Waals surface area contributed by atoms with Crippen LogP contribution in [-0.4, -0.2) is 21.6 Å². The van der Waals surface area contributed by atoms with E-state index in [1.807, 2.05) is 13.0 Å². The van der Waals surface area contributed by atoms with Gasteiger partial charge in [0.1, 0.15) is 5.65 Å². The highest BCUT2D eigenvalue weighted by atomic mass is 35.5. The van der Waals surface area contributed by atoms with E-state index in [2.05, 4.69) is 4.98 Å². The molecule has 2 heterocycles. The smallest absolute Gasteiger partial charge is 0.258 e. The summed E-state index contributed by atoms with van der Waals surface area (Å²) in [5.74, 6) is 0.0834. The molecule has 0 fully saturated rings. The van der Waals surface area contributed by atoms with Crippen LogP contribution in [0.1, 0.15) is 16.8 Å². The Morgan fingerprint density at radius 1 is 1.32 bits per heavy atom. The summed E-state index contributed by atoms with van der Waals surface area (Å²) in [4.78, 5) is 16.7. The van der Waals surface area contributed by atoms with Gasteiger partial charge in [-0.05, 0) is 42.3 Å². The van der Waals surface area contributed by atoms with E-state index < -0.39 is 0 Å². The predicted octanol–water partition coefficient (Wildman–Crippen LogP) is 4.11. The Morgan fingerprint density at radius 2 is 2.08 bits per heavy atom. The molecule has 0 atom stereocenters. The monoisotopic (exact) mass is 376 g/mol. The molecule has 5 nitrogen and oxygen atoms in total. The van der Waals surface area contributed by atoms with Crippen LogP contribution in [0.5, 0.6) is 11.5 Å². The third-order valence-electron chi connectivity index (χ3n) is 3.62. The Morgan fingerprint density at radius 3 is 2.80 bits per heavy atom. The van der Waals surface area contributed by atoms with Crippen molar-refractivity contribution in [2.45, 2.75) is 6.92 Å². The number of aromatic hydroxyl groups is 1. The molecule has 0 bridgehead atoms. The quantitative estimate of drug-likeness (QED) is 0.746. The van der Waals surface area contributed by atoms with Crippen LogP contribution in [-0.2, 0) is 0 Å². The molecule has 0 unspecified atom stereocenters. The Kier molecular flexibility index (Phi) is 4.70. The molecule has 0 aliphatic carbocycles. The lowest BCUT2D eigenvalue weighted by molar-refractivity contribution is 0.373. The molecular formula is C18H14Cl2N2O3. The highest BCUT2D eigenvalue weighted by Gasteiger charge is 2.10. The van der Waals surface area contributed by atoms with Gasteiger partial charge in [-0.15, -0.1) is 0 Å². The minimum Gasteiger partial charge on any atom is -0.503 e. The van der Waals surface area contributed by atoms with Crippen LogP contribution in [0, 0.1) is 6.92 Å². The number of phenols is 1.